The molecule has 1 aliphatic heterocycles. The summed E-state index contributed by atoms with van der Waals surface area (Å²) in [5, 5.41) is 11.8. The van der Waals surface area contributed by atoms with Gasteiger partial charge in [0.15, 0.2) is 0 Å². The maximum Gasteiger partial charge on any atom is 0.109 e. The monoisotopic (exact) mass is 253 g/mol. The van der Waals surface area contributed by atoms with Gasteiger partial charge in [-0.05, 0) is 0 Å². The first-order chi connectivity index (χ1) is 8.35. The summed E-state index contributed by atoms with van der Waals surface area (Å²) in [6.07, 6.45) is 5.58. The molecule has 1 N–H and O–H groups in total. The normalized spacial score (nSPS) is 14.2. The first-order valence-corrected chi connectivity index (χ1v) is 6.17. The Labute approximate surface area is 102 Å². The second-order valence-corrected chi connectivity index (χ2v) is 4.85. The molecule has 2 aromatic heterocycles. The predicted octanol–water partition coefficient (Wildman–Crippen LogP) is 1.21. The number of halogens is 1. The van der Waals surface area contributed by atoms with Crippen molar-refractivity contribution in [1.29, 1.82) is 0 Å². The third kappa shape index (κ3) is 2.20. The zero-order chi connectivity index (χ0) is 11.7. The smallest absolute Gasteiger partial charge is 0.109 e. The molecular formula is C10H12FN5S. The predicted molar refractivity (Wildman–Crippen MR) is 62.2 cm³/mol. The van der Waals surface area contributed by atoms with Crippen LogP contribution in [0.4, 0.5) is 4.39 Å². The van der Waals surface area contributed by atoms with Gasteiger partial charge in [-0.25, -0.2) is 8.48 Å². The van der Waals surface area contributed by atoms with Crippen molar-refractivity contribution < 1.29 is 4.39 Å². The summed E-state index contributed by atoms with van der Waals surface area (Å²) in [6.45, 7) is 1.63. The molecule has 0 amide bonds. The van der Waals surface area contributed by atoms with Crippen LogP contribution in [-0.2, 0) is 19.6 Å². The summed E-state index contributed by atoms with van der Waals surface area (Å²) in [5.41, 5.74) is 2.35. The number of hydrogen-bond acceptors (Lipinski definition) is 4. The fourth-order valence-electron chi connectivity index (χ4n) is 1.79. The molecular weight excluding hydrogens is 241 g/mol. The minimum absolute atomic E-state index is 0.306. The summed E-state index contributed by atoms with van der Waals surface area (Å²) in [4.78, 5) is 0.965. The highest BCUT2D eigenvalue weighted by Crippen LogP contribution is 2.22. The van der Waals surface area contributed by atoms with E-state index >= 15 is 0 Å². The third-order valence-electron chi connectivity index (χ3n) is 2.59. The minimum Gasteiger partial charge on any atom is -0.307 e. The van der Waals surface area contributed by atoms with E-state index in [-0.39, 0.29) is 0 Å². The lowest BCUT2D eigenvalue weighted by atomic mass is 10.3. The van der Waals surface area contributed by atoms with Crippen molar-refractivity contribution in [3.63, 3.8) is 0 Å². The molecule has 7 heteroatoms. The van der Waals surface area contributed by atoms with Crippen LogP contribution in [0.2, 0.25) is 0 Å². The first kappa shape index (κ1) is 10.8. The Hall–Kier alpha value is -1.34. The van der Waals surface area contributed by atoms with E-state index in [9.17, 15) is 4.39 Å². The zero-order valence-corrected chi connectivity index (χ0v) is 9.95. The Morgan fingerprint density at radius 1 is 1.41 bits per heavy atom. The second kappa shape index (κ2) is 4.50. The molecule has 17 heavy (non-hydrogen) atoms. The van der Waals surface area contributed by atoms with Gasteiger partial charge in [0, 0.05) is 43.0 Å². The Bertz CT molecular complexity index is 499. The average molecular weight is 253 g/mol. The summed E-state index contributed by atoms with van der Waals surface area (Å²) >= 11 is 1.49. The largest absolute Gasteiger partial charge is 0.307 e. The molecule has 0 fully saturated rings. The van der Waals surface area contributed by atoms with Gasteiger partial charge in [0.1, 0.15) is 6.67 Å². The number of rotatable bonds is 4. The summed E-state index contributed by atoms with van der Waals surface area (Å²) in [6, 6.07) is 0. The Morgan fingerprint density at radius 3 is 3.18 bits per heavy atom. The van der Waals surface area contributed by atoms with Gasteiger partial charge in [-0.2, -0.15) is 10.2 Å². The Balaban J connectivity index is 1.72. The SMILES string of the molecule is FCCn1cc(Sn2cc3c(n2)CNC3)cn1. The van der Waals surface area contributed by atoms with Gasteiger partial charge >= 0.3 is 0 Å². The third-order valence-corrected chi connectivity index (χ3v) is 3.38. The fourth-order valence-corrected chi connectivity index (χ4v) is 2.59. The van der Waals surface area contributed by atoms with Crippen LogP contribution < -0.4 is 5.32 Å². The van der Waals surface area contributed by atoms with Crippen LogP contribution in [-0.4, -0.2) is 25.6 Å². The van der Waals surface area contributed by atoms with E-state index in [1.807, 2.05) is 16.5 Å². The van der Waals surface area contributed by atoms with E-state index in [1.165, 1.54) is 17.5 Å². The Kier molecular flexibility index (Phi) is 2.86. The molecule has 2 aromatic rings. The maximum absolute atomic E-state index is 12.1. The number of nitrogens with one attached hydrogen (secondary N) is 1. The van der Waals surface area contributed by atoms with Crippen molar-refractivity contribution in [3.05, 3.63) is 29.8 Å². The van der Waals surface area contributed by atoms with Crippen LogP contribution >= 0.6 is 11.9 Å². The van der Waals surface area contributed by atoms with E-state index in [2.05, 4.69) is 15.5 Å². The average Bonchev–Trinajstić information content (AvgIpc) is 2.95. The lowest BCUT2D eigenvalue weighted by Crippen LogP contribution is -2.03. The van der Waals surface area contributed by atoms with Crippen molar-refractivity contribution in [2.75, 3.05) is 6.67 Å². The highest BCUT2D eigenvalue weighted by atomic mass is 32.2. The van der Waals surface area contributed by atoms with Crippen molar-refractivity contribution in [1.82, 2.24) is 24.3 Å². The highest BCUT2D eigenvalue weighted by Gasteiger charge is 2.15. The van der Waals surface area contributed by atoms with Crippen LogP contribution in [0.3, 0.4) is 0 Å². The molecule has 0 saturated heterocycles. The van der Waals surface area contributed by atoms with Crippen LogP contribution in [0.15, 0.2) is 23.5 Å². The molecule has 0 aromatic carbocycles. The van der Waals surface area contributed by atoms with E-state index in [4.69, 9.17) is 0 Å². The van der Waals surface area contributed by atoms with Crippen molar-refractivity contribution in [2.45, 2.75) is 24.5 Å². The molecule has 90 valence electrons. The van der Waals surface area contributed by atoms with Crippen LogP contribution in [0.5, 0.6) is 0 Å². The lowest BCUT2D eigenvalue weighted by Gasteiger charge is -1.97. The van der Waals surface area contributed by atoms with Crippen LogP contribution in [0.25, 0.3) is 0 Å². The molecule has 0 spiro atoms. The second-order valence-electron chi connectivity index (χ2n) is 3.83. The number of aromatic nitrogens is 4. The molecule has 0 bridgehead atoms. The summed E-state index contributed by atoms with van der Waals surface area (Å²) in [7, 11) is 0. The molecule has 0 unspecified atom stereocenters. The van der Waals surface area contributed by atoms with Gasteiger partial charge in [0.25, 0.3) is 0 Å². The molecule has 0 atom stereocenters. The van der Waals surface area contributed by atoms with Crippen molar-refractivity contribution in [2.24, 2.45) is 0 Å². The first-order valence-electron chi connectivity index (χ1n) is 5.40. The van der Waals surface area contributed by atoms with Gasteiger partial charge in [-0.15, -0.1) is 0 Å². The number of alkyl halides is 1. The van der Waals surface area contributed by atoms with E-state index < -0.39 is 6.67 Å². The molecule has 0 radical (unpaired) electrons. The molecule has 3 rings (SSSR count). The number of aryl methyl sites for hydroxylation is 1. The van der Waals surface area contributed by atoms with Gasteiger partial charge in [0.2, 0.25) is 0 Å². The van der Waals surface area contributed by atoms with Crippen molar-refractivity contribution in [3.8, 4) is 0 Å². The quantitative estimate of drug-likeness (QED) is 0.889. The summed E-state index contributed by atoms with van der Waals surface area (Å²) in [5.74, 6) is 0. The highest BCUT2D eigenvalue weighted by molar-refractivity contribution is 7.97. The lowest BCUT2D eigenvalue weighted by molar-refractivity contribution is 0.427. The van der Waals surface area contributed by atoms with Gasteiger partial charge in [0.05, 0.1) is 23.3 Å². The van der Waals surface area contributed by atoms with Gasteiger partial charge in [-0.1, -0.05) is 0 Å². The number of fused-ring (bicyclic) bond motifs is 1. The molecule has 0 aliphatic carbocycles. The summed E-state index contributed by atoms with van der Waals surface area (Å²) < 4.78 is 15.6. The molecule has 1 aliphatic rings. The number of hydrogen-bond donors (Lipinski definition) is 1. The topological polar surface area (TPSA) is 47.7 Å². The standard InChI is InChI=1S/C10H12FN5S/c11-1-2-15-7-9(4-13-15)17-16-6-8-3-12-5-10(8)14-16/h4,6-7,12H,1-3,5H2. The molecule has 3 heterocycles. The van der Waals surface area contributed by atoms with E-state index in [1.54, 1.807) is 10.9 Å². The zero-order valence-electron chi connectivity index (χ0n) is 9.14. The Morgan fingerprint density at radius 2 is 2.35 bits per heavy atom. The number of nitrogens with zero attached hydrogens (tertiary/aromatic N) is 4. The van der Waals surface area contributed by atoms with E-state index in [0.717, 1.165) is 23.7 Å². The van der Waals surface area contributed by atoms with Crippen LogP contribution in [0.1, 0.15) is 11.3 Å². The minimum atomic E-state index is -0.395. The molecule has 0 saturated carbocycles. The van der Waals surface area contributed by atoms with Crippen molar-refractivity contribution >= 4 is 11.9 Å². The van der Waals surface area contributed by atoms with E-state index in [0.29, 0.717) is 6.54 Å². The fraction of sp³-hybridized carbons (Fsp3) is 0.400. The maximum atomic E-state index is 12.1. The molecule has 5 nitrogen and oxygen atoms in total. The van der Waals surface area contributed by atoms with Crippen LogP contribution in [0, 0.1) is 0 Å². The van der Waals surface area contributed by atoms with Gasteiger partial charge < -0.3 is 5.32 Å². The van der Waals surface area contributed by atoms with Gasteiger partial charge in [-0.3, -0.25) is 4.68 Å².